The highest BCUT2D eigenvalue weighted by Gasteiger charge is 2.23. The van der Waals surface area contributed by atoms with Crippen LogP contribution in [0.4, 0.5) is 0 Å². The van der Waals surface area contributed by atoms with Crippen LogP contribution in [0.25, 0.3) is 0 Å². The highest BCUT2D eigenvalue weighted by molar-refractivity contribution is 7.89. The predicted molar refractivity (Wildman–Crippen MR) is 84.8 cm³/mol. The number of rotatable bonds is 6. The normalized spacial score (nSPS) is 18.0. The predicted octanol–water partition coefficient (Wildman–Crippen LogP) is 0.625. The Morgan fingerprint density at radius 1 is 1.39 bits per heavy atom. The third-order valence-corrected chi connectivity index (χ3v) is 4.71. The van der Waals surface area contributed by atoms with Crippen molar-refractivity contribution in [3.8, 4) is 5.75 Å². The smallest absolute Gasteiger partial charge is 0.249 e. The fourth-order valence-electron chi connectivity index (χ4n) is 2.46. The highest BCUT2D eigenvalue weighted by atomic mass is 32.2. The second-order valence-corrected chi connectivity index (χ2v) is 7.10. The summed E-state index contributed by atoms with van der Waals surface area (Å²) in [6.07, 6.45) is 1.30. The first-order valence-corrected chi connectivity index (χ1v) is 9.00. The largest absolute Gasteiger partial charge is 0.491 e. The minimum Gasteiger partial charge on any atom is -0.491 e. The number of nitrogens with two attached hydrogens (primary N) is 1. The second kappa shape index (κ2) is 7.29. The second-order valence-electron chi connectivity index (χ2n) is 5.57. The standard InChI is InChI=1S/C15H22N2O5S/c1-10-9-14(23(16,19)20)11(2)8-13(10)22-7-5-17-15(18)12-4-3-6-21-12/h8-9,12H,3-7H2,1-2H3,(H,17,18)(H2,16,19,20). The van der Waals surface area contributed by atoms with Crippen molar-refractivity contribution in [3.63, 3.8) is 0 Å². The molecule has 23 heavy (non-hydrogen) atoms. The maximum Gasteiger partial charge on any atom is 0.249 e. The van der Waals surface area contributed by atoms with Crippen molar-refractivity contribution in [1.82, 2.24) is 5.32 Å². The van der Waals surface area contributed by atoms with Gasteiger partial charge in [0, 0.05) is 6.61 Å². The Bertz CT molecular complexity index is 681. The van der Waals surface area contributed by atoms with Gasteiger partial charge in [0.2, 0.25) is 15.9 Å². The topological polar surface area (TPSA) is 108 Å². The molecule has 0 aliphatic carbocycles. The number of hydrogen-bond donors (Lipinski definition) is 2. The lowest BCUT2D eigenvalue weighted by atomic mass is 10.1. The molecule has 8 heteroatoms. The Labute approximate surface area is 136 Å². The molecule has 0 radical (unpaired) electrons. The lowest BCUT2D eigenvalue weighted by Gasteiger charge is -2.14. The molecule has 7 nitrogen and oxygen atoms in total. The molecule has 0 aromatic heterocycles. The molecule has 1 fully saturated rings. The molecule has 0 spiro atoms. The third kappa shape index (κ3) is 4.66. The Morgan fingerprint density at radius 3 is 2.74 bits per heavy atom. The van der Waals surface area contributed by atoms with Crippen LogP contribution in [0, 0.1) is 13.8 Å². The lowest BCUT2D eigenvalue weighted by molar-refractivity contribution is -0.130. The maximum atomic E-state index is 11.8. The van der Waals surface area contributed by atoms with Gasteiger partial charge in [-0.15, -0.1) is 0 Å². The average molecular weight is 342 g/mol. The lowest BCUT2D eigenvalue weighted by Crippen LogP contribution is -2.36. The van der Waals surface area contributed by atoms with Crippen LogP contribution in [-0.2, 0) is 19.6 Å². The van der Waals surface area contributed by atoms with Gasteiger partial charge in [-0.1, -0.05) is 0 Å². The summed E-state index contributed by atoms with van der Waals surface area (Å²) in [4.78, 5) is 11.9. The van der Waals surface area contributed by atoms with E-state index in [2.05, 4.69) is 5.32 Å². The zero-order valence-corrected chi connectivity index (χ0v) is 14.1. The number of carbonyl (C=O) groups excluding carboxylic acids is 1. The van der Waals surface area contributed by atoms with Gasteiger partial charge in [0.05, 0.1) is 11.4 Å². The van der Waals surface area contributed by atoms with Gasteiger partial charge in [-0.25, -0.2) is 13.6 Å². The zero-order chi connectivity index (χ0) is 17.0. The monoisotopic (exact) mass is 342 g/mol. The Kier molecular flexibility index (Phi) is 5.61. The molecule has 0 saturated carbocycles. The Hall–Kier alpha value is -1.64. The summed E-state index contributed by atoms with van der Waals surface area (Å²) in [5.41, 5.74) is 1.20. The van der Waals surface area contributed by atoms with Crippen molar-refractivity contribution in [3.05, 3.63) is 23.3 Å². The zero-order valence-electron chi connectivity index (χ0n) is 13.3. The SMILES string of the molecule is Cc1cc(S(N)(=O)=O)c(C)cc1OCCNC(=O)C1CCCO1. The van der Waals surface area contributed by atoms with Gasteiger partial charge in [0.25, 0.3) is 0 Å². The quantitative estimate of drug-likeness (QED) is 0.737. The van der Waals surface area contributed by atoms with Gasteiger partial charge in [0.1, 0.15) is 18.5 Å². The molecule has 0 bridgehead atoms. The Balaban J connectivity index is 1.88. The summed E-state index contributed by atoms with van der Waals surface area (Å²) in [7, 11) is -3.75. The van der Waals surface area contributed by atoms with Gasteiger partial charge in [-0.05, 0) is 49.9 Å². The van der Waals surface area contributed by atoms with Crippen LogP contribution >= 0.6 is 0 Å². The van der Waals surface area contributed by atoms with Crippen molar-refractivity contribution >= 4 is 15.9 Å². The molecule has 1 unspecified atom stereocenters. The number of carbonyl (C=O) groups is 1. The van der Waals surface area contributed by atoms with Gasteiger partial charge >= 0.3 is 0 Å². The number of nitrogens with one attached hydrogen (secondary N) is 1. The molecule has 1 amide bonds. The van der Waals surface area contributed by atoms with Gasteiger partial charge in [-0.3, -0.25) is 4.79 Å². The van der Waals surface area contributed by atoms with E-state index >= 15 is 0 Å². The maximum absolute atomic E-state index is 11.8. The van der Waals surface area contributed by atoms with Crippen molar-refractivity contribution in [1.29, 1.82) is 0 Å². The van der Waals surface area contributed by atoms with Crippen LogP contribution in [0.2, 0.25) is 0 Å². The van der Waals surface area contributed by atoms with Crippen molar-refractivity contribution in [2.45, 2.75) is 37.7 Å². The number of aryl methyl sites for hydroxylation is 2. The molecule has 2 rings (SSSR count). The van der Waals surface area contributed by atoms with E-state index in [1.807, 2.05) is 0 Å². The van der Waals surface area contributed by atoms with Gasteiger partial charge < -0.3 is 14.8 Å². The van der Waals surface area contributed by atoms with Crippen LogP contribution in [0.1, 0.15) is 24.0 Å². The molecular weight excluding hydrogens is 320 g/mol. The van der Waals surface area contributed by atoms with Crippen LogP contribution < -0.4 is 15.2 Å². The van der Waals surface area contributed by atoms with E-state index in [0.717, 1.165) is 12.8 Å². The van der Waals surface area contributed by atoms with E-state index < -0.39 is 10.0 Å². The summed E-state index contributed by atoms with van der Waals surface area (Å²) < 4.78 is 33.8. The van der Waals surface area contributed by atoms with Crippen molar-refractivity contribution in [2.75, 3.05) is 19.8 Å². The third-order valence-electron chi connectivity index (χ3n) is 3.66. The molecule has 1 aromatic rings. The summed E-state index contributed by atoms with van der Waals surface area (Å²) in [5.74, 6) is 0.449. The van der Waals surface area contributed by atoms with Crippen molar-refractivity contribution in [2.24, 2.45) is 5.14 Å². The van der Waals surface area contributed by atoms with Crippen LogP contribution in [0.3, 0.4) is 0 Å². The number of amides is 1. The summed E-state index contributed by atoms with van der Waals surface area (Å²) in [5, 5.41) is 7.92. The Morgan fingerprint density at radius 2 is 2.13 bits per heavy atom. The number of ether oxygens (including phenoxy) is 2. The van der Waals surface area contributed by atoms with E-state index in [1.54, 1.807) is 19.9 Å². The number of primary sulfonamides is 1. The van der Waals surface area contributed by atoms with E-state index in [0.29, 0.717) is 30.0 Å². The first-order chi connectivity index (χ1) is 10.8. The highest BCUT2D eigenvalue weighted by Crippen LogP contribution is 2.25. The molecule has 1 aromatic carbocycles. The van der Waals surface area contributed by atoms with Crippen LogP contribution in [-0.4, -0.2) is 40.2 Å². The molecule has 1 aliphatic rings. The fraction of sp³-hybridized carbons (Fsp3) is 0.533. The van der Waals surface area contributed by atoms with Crippen LogP contribution in [0.5, 0.6) is 5.75 Å². The fourth-order valence-corrected chi connectivity index (χ4v) is 3.31. The molecule has 1 saturated heterocycles. The van der Waals surface area contributed by atoms with E-state index in [1.165, 1.54) is 6.07 Å². The average Bonchev–Trinajstić information content (AvgIpc) is 2.99. The summed E-state index contributed by atoms with van der Waals surface area (Å²) >= 11 is 0. The first-order valence-electron chi connectivity index (χ1n) is 7.45. The van der Waals surface area contributed by atoms with Crippen LogP contribution in [0.15, 0.2) is 17.0 Å². The van der Waals surface area contributed by atoms with Gasteiger partial charge in [0.15, 0.2) is 0 Å². The van der Waals surface area contributed by atoms with E-state index in [4.69, 9.17) is 14.6 Å². The van der Waals surface area contributed by atoms with Crippen molar-refractivity contribution < 1.29 is 22.7 Å². The first kappa shape index (κ1) is 17.7. The minimum atomic E-state index is -3.75. The molecule has 128 valence electrons. The molecular formula is C15H22N2O5S. The molecule has 1 heterocycles. The van der Waals surface area contributed by atoms with Gasteiger partial charge in [-0.2, -0.15) is 0 Å². The molecule has 3 N–H and O–H groups in total. The van der Waals surface area contributed by atoms with E-state index in [-0.39, 0.29) is 23.5 Å². The van der Waals surface area contributed by atoms with E-state index in [9.17, 15) is 13.2 Å². The number of hydrogen-bond acceptors (Lipinski definition) is 5. The number of benzene rings is 1. The summed E-state index contributed by atoms with van der Waals surface area (Å²) in [6.45, 7) is 4.67. The molecule has 1 aliphatic heterocycles. The summed E-state index contributed by atoms with van der Waals surface area (Å²) in [6, 6.07) is 3.13. The minimum absolute atomic E-state index is 0.0917. The molecule has 1 atom stereocenters. The number of sulfonamides is 1.